The van der Waals surface area contributed by atoms with Crippen LogP contribution in [0, 0.1) is 5.92 Å². The van der Waals surface area contributed by atoms with E-state index in [2.05, 4.69) is 37.0 Å². The van der Waals surface area contributed by atoms with Crippen molar-refractivity contribution in [1.82, 2.24) is 30.0 Å². The van der Waals surface area contributed by atoms with Gasteiger partial charge >= 0.3 is 0 Å². The first-order valence-corrected chi connectivity index (χ1v) is 14.7. The van der Waals surface area contributed by atoms with Gasteiger partial charge in [0.2, 0.25) is 0 Å². The minimum atomic E-state index is 0.732. The number of ether oxygens (including phenoxy) is 2. The molecule has 1 N–H and O–H groups in total. The predicted molar refractivity (Wildman–Crippen MR) is 151 cm³/mol. The fourth-order valence-electron chi connectivity index (χ4n) is 6.01. The van der Waals surface area contributed by atoms with Crippen molar-refractivity contribution < 1.29 is 9.47 Å². The molecule has 0 aliphatic carbocycles. The summed E-state index contributed by atoms with van der Waals surface area (Å²) in [6.07, 6.45) is 4.42. The van der Waals surface area contributed by atoms with E-state index in [1.807, 2.05) is 29.7 Å². The standard InChI is InChI=1S/C28H35N7O2S/c1-2-22(23-17-29-32-24(23)3-1)27-30-25-16-21(38-26(25)28(31-27)35-10-14-37-15-11-35)19-33-6-4-20(5-7-33)18-34-8-12-36-13-9-34/h1-3,16-17,20H,4-15,18-19H2,(H,29,32). The van der Waals surface area contributed by atoms with Gasteiger partial charge < -0.3 is 14.4 Å². The molecule has 0 atom stereocenters. The number of rotatable bonds is 6. The minimum Gasteiger partial charge on any atom is -0.379 e. The molecule has 0 unspecified atom stereocenters. The van der Waals surface area contributed by atoms with E-state index in [1.54, 1.807) is 0 Å². The molecule has 4 aromatic rings. The molecule has 200 valence electrons. The number of thiophene rings is 1. The maximum atomic E-state index is 5.65. The highest BCUT2D eigenvalue weighted by Gasteiger charge is 2.25. The molecule has 0 bridgehead atoms. The number of aromatic nitrogens is 4. The van der Waals surface area contributed by atoms with Gasteiger partial charge in [-0.1, -0.05) is 12.1 Å². The predicted octanol–water partition coefficient (Wildman–Crippen LogP) is 3.62. The molecule has 3 saturated heterocycles. The summed E-state index contributed by atoms with van der Waals surface area (Å²) in [5, 5.41) is 8.38. The zero-order valence-electron chi connectivity index (χ0n) is 21.8. The van der Waals surface area contributed by atoms with Crippen LogP contribution in [0.25, 0.3) is 32.5 Å². The zero-order valence-corrected chi connectivity index (χ0v) is 22.6. The normalized spacial score (nSPS) is 20.6. The summed E-state index contributed by atoms with van der Waals surface area (Å²) < 4.78 is 12.4. The smallest absolute Gasteiger partial charge is 0.162 e. The first-order valence-electron chi connectivity index (χ1n) is 13.9. The van der Waals surface area contributed by atoms with E-state index < -0.39 is 0 Å². The second-order valence-electron chi connectivity index (χ2n) is 10.7. The van der Waals surface area contributed by atoms with E-state index in [0.29, 0.717) is 0 Å². The van der Waals surface area contributed by atoms with Crippen molar-refractivity contribution in [3.05, 3.63) is 35.3 Å². The number of anilines is 1. The Morgan fingerprint density at radius 3 is 2.53 bits per heavy atom. The number of nitrogens with zero attached hydrogens (tertiary/aromatic N) is 6. The lowest BCUT2D eigenvalue weighted by Gasteiger charge is -2.35. The van der Waals surface area contributed by atoms with E-state index in [1.165, 1.54) is 42.1 Å². The zero-order chi connectivity index (χ0) is 25.3. The summed E-state index contributed by atoms with van der Waals surface area (Å²) in [6.45, 7) is 11.7. The molecule has 0 radical (unpaired) electrons. The third-order valence-corrected chi connectivity index (χ3v) is 9.25. The molecule has 9 nitrogen and oxygen atoms in total. The molecular weight excluding hydrogens is 498 g/mol. The van der Waals surface area contributed by atoms with Gasteiger partial charge in [-0.25, -0.2) is 9.97 Å². The fourth-order valence-corrected chi connectivity index (χ4v) is 7.17. The van der Waals surface area contributed by atoms with Crippen LogP contribution in [-0.4, -0.2) is 102 Å². The average Bonchev–Trinajstić information content (AvgIpc) is 3.61. The Labute approximate surface area is 226 Å². The van der Waals surface area contributed by atoms with Crippen molar-refractivity contribution in [2.24, 2.45) is 5.92 Å². The number of hydrogen-bond donors (Lipinski definition) is 1. The lowest BCUT2D eigenvalue weighted by Crippen LogP contribution is -2.42. The Morgan fingerprint density at radius 2 is 1.71 bits per heavy atom. The molecule has 3 aromatic heterocycles. The fraction of sp³-hybridized carbons (Fsp3) is 0.536. The number of H-pyrrole nitrogens is 1. The number of nitrogens with one attached hydrogen (secondary N) is 1. The number of fused-ring (bicyclic) bond motifs is 2. The number of benzene rings is 1. The number of morpholine rings is 2. The second-order valence-corrected chi connectivity index (χ2v) is 11.8. The minimum absolute atomic E-state index is 0.732. The summed E-state index contributed by atoms with van der Waals surface area (Å²) in [5.41, 5.74) is 3.06. The van der Waals surface area contributed by atoms with Crippen LogP contribution < -0.4 is 4.90 Å². The van der Waals surface area contributed by atoms with Gasteiger partial charge in [0, 0.05) is 55.1 Å². The van der Waals surface area contributed by atoms with Gasteiger partial charge in [0.1, 0.15) is 0 Å². The number of likely N-dealkylation sites (tertiary alicyclic amines) is 1. The van der Waals surface area contributed by atoms with Gasteiger partial charge in [-0.2, -0.15) is 5.10 Å². The van der Waals surface area contributed by atoms with Gasteiger partial charge in [-0.15, -0.1) is 11.3 Å². The quantitative estimate of drug-likeness (QED) is 0.403. The number of hydrogen-bond acceptors (Lipinski definition) is 9. The summed E-state index contributed by atoms with van der Waals surface area (Å²) in [5.74, 6) is 2.60. The van der Waals surface area contributed by atoms with Crippen LogP contribution in [0.2, 0.25) is 0 Å². The molecule has 38 heavy (non-hydrogen) atoms. The van der Waals surface area contributed by atoms with E-state index in [-0.39, 0.29) is 0 Å². The molecule has 7 rings (SSSR count). The van der Waals surface area contributed by atoms with Crippen LogP contribution in [0.15, 0.2) is 30.5 Å². The second kappa shape index (κ2) is 10.9. The van der Waals surface area contributed by atoms with Crippen molar-refractivity contribution in [2.45, 2.75) is 19.4 Å². The first kappa shape index (κ1) is 24.4. The highest BCUT2D eigenvalue weighted by atomic mass is 32.1. The van der Waals surface area contributed by atoms with Gasteiger partial charge in [0.25, 0.3) is 0 Å². The Kier molecular flexibility index (Phi) is 6.98. The molecule has 0 spiro atoms. The first-order chi connectivity index (χ1) is 18.8. The monoisotopic (exact) mass is 533 g/mol. The Morgan fingerprint density at radius 1 is 0.921 bits per heavy atom. The van der Waals surface area contributed by atoms with Gasteiger partial charge in [-0.3, -0.25) is 14.9 Å². The Bertz CT molecular complexity index is 1380. The summed E-state index contributed by atoms with van der Waals surface area (Å²) in [6, 6.07) is 8.47. The van der Waals surface area contributed by atoms with Crippen LogP contribution in [0.4, 0.5) is 5.82 Å². The molecule has 3 aliphatic rings. The third-order valence-electron chi connectivity index (χ3n) is 8.15. The van der Waals surface area contributed by atoms with Crippen LogP contribution in [0.3, 0.4) is 0 Å². The molecule has 6 heterocycles. The molecule has 1 aromatic carbocycles. The summed E-state index contributed by atoms with van der Waals surface area (Å²) in [4.78, 5) is 19.2. The van der Waals surface area contributed by atoms with E-state index >= 15 is 0 Å². The van der Waals surface area contributed by atoms with Crippen LogP contribution in [0.1, 0.15) is 17.7 Å². The maximum Gasteiger partial charge on any atom is 0.162 e. The molecule has 10 heteroatoms. The van der Waals surface area contributed by atoms with Crippen LogP contribution in [-0.2, 0) is 16.0 Å². The van der Waals surface area contributed by atoms with E-state index in [0.717, 1.165) is 98.7 Å². The van der Waals surface area contributed by atoms with Crippen molar-refractivity contribution in [1.29, 1.82) is 0 Å². The van der Waals surface area contributed by atoms with E-state index in [9.17, 15) is 0 Å². The van der Waals surface area contributed by atoms with E-state index in [4.69, 9.17) is 19.4 Å². The summed E-state index contributed by atoms with van der Waals surface area (Å²) in [7, 11) is 0. The SMILES string of the molecule is c1cc(-c2nc(N3CCOCC3)c3sc(CN4CCC(CN5CCOCC5)CC4)cc3n2)c2cn[nH]c2c1. The van der Waals surface area contributed by atoms with Gasteiger partial charge in [-0.05, 0) is 44.0 Å². The van der Waals surface area contributed by atoms with Crippen molar-refractivity contribution in [3.63, 3.8) is 0 Å². The van der Waals surface area contributed by atoms with Crippen molar-refractivity contribution in [3.8, 4) is 11.4 Å². The molecule has 0 amide bonds. The number of aromatic amines is 1. The highest BCUT2D eigenvalue weighted by Crippen LogP contribution is 2.36. The largest absolute Gasteiger partial charge is 0.379 e. The molecule has 0 saturated carbocycles. The van der Waals surface area contributed by atoms with Gasteiger partial charge in [0.15, 0.2) is 11.6 Å². The highest BCUT2D eigenvalue weighted by molar-refractivity contribution is 7.19. The average molecular weight is 534 g/mol. The molecular formula is C28H35N7O2S. The molecule has 3 aliphatic heterocycles. The van der Waals surface area contributed by atoms with Crippen LogP contribution >= 0.6 is 11.3 Å². The van der Waals surface area contributed by atoms with Gasteiger partial charge in [0.05, 0.1) is 48.4 Å². The lowest BCUT2D eigenvalue weighted by molar-refractivity contribution is 0.0242. The topological polar surface area (TPSA) is 82.6 Å². The Hall–Kier alpha value is -2.63. The van der Waals surface area contributed by atoms with Crippen molar-refractivity contribution >= 4 is 38.3 Å². The Balaban J connectivity index is 1.13. The third kappa shape index (κ3) is 5.03. The van der Waals surface area contributed by atoms with Crippen molar-refractivity contribution in [2.75, 3.05) is 77.1 Å². The lowest BCUT2D eigenvalue weighted by atomic mass is 9.96. The van der Waals surface area contributed by atoms with Crippen LogP contribution in [0.5, 0.6) is 0 Å². The number of piperidine rings is 1. The summed E-state index contributed by atoms with van der Waals surface area (Å²) >= 11 is 1.86. The maximum absolute atomic E-state index is 5.65. The molecule has 3 fully saturated rings.